The first kappa shape index (κ1) is 25.2. The number of carbonyl (C=O) groups excluding carboxylic acids is 1. The van der Waals surface area contributed by atoms with Gasteiger partial charge in [-0.2, -0.15) is 5.26 Å². The molecule has 36 heavy (non-hydrogen) atoms. The number of carbonyl (C=O) groups is 1. The molecule has 1 aliphatic heterocycles. The molecule has 5 heteroatoms. The van der Waals surface area contributed by atoms with Gasteiger partial charge in [0.2, 0.25) is 0 Å². The molecule has 0 bridgehead atoms. The molecule has 0 aliphatic carbocycles. The van der Waals surface area contributed by atoms with Crippen LogP contribution in [0.25, 0.3) is 0 Å². The van der Waals surface area contributed by atoms with Crippen LogP contribution in [0.2, 0.25) is 0 Å². The number of amides is 1. The molecule has 3 aromatic rings. The zero-order chi connectivity index (χ0) is 25.5. The van der Waals surface area contributed by atoms with Gasteiger partial charge in [-0.25, -0.2) is 0 Å². The van der Waals surface area contributed by atoms with Gasteiger partial charge in [-0.1, -0.05) is 92.7 Å². The van der Waals surface area contributed by atoms with Crippen molar-refractivity contribution in [3.63, 3.8) is 0 Å². The number of anilines is 1. The van der Waals surface area contributed by atoms with Crippen LogP contribution in [0.5, 0.6) is 0 Å². The van der Waals surface area contributed by atoms with Gasteiger partial charge in [-0.3, -0.25) is 9.69 Å². The Morgan fingerprint density at radius 1 is 0.889 bits per heavy atom. The maximum absolute atomic E-state index is 13.0. The summed E-state index contributed by atoms with van der Waals surface area (Å²) in [4.78, 5) is 17.6. The van der Waals surface area contributed by atoms with E-state index in [4.69, 9.17) is 0 Å². The number of para-hydroxylation sites is 1. The normalized spacial score (nSPS) is 14.7. The summed E-state index contributed by atoms with van der Waals surface area (Å²) in [7, 11) is 0. The fourth-order valence-electron chi connectivity index (χ4n) is 4.85. The lowest BCUT2D eigenvalue weighted by Crippen LogP contribution is -2.46. The summed E-state index contributed by atoms with van der Waals surface area (Å²) in [6.45, 7) is 9.34. The van der Waals surface area contributed by atoms with Crippen LogP contribution in [0.1, 0.15) is 48.1 Å². The fourth-order valence-corrected chi connectivity index (χ4v) is 4.85. The standard InChI is InChI=1S/C31H34N4O/c1-23(2)28-16-10-11-24(3)29(28)33-31(36)27(21-32)22-34-17-19-35(20-18-34)30(25-12-6-4-7-13-25)26-14-8-5-9-15-26/h4-16,22-23,30H,17-20H2,1-3H3,(H,33,36)/b27-22-. The predicted octanol–water partition coefficient (Wildman–Crippen LogP) is 5.87. The first-order chi connectivity index (χ1) is 17.5. The second kappa shape index (κ2) is 11.7. The average Bonchev–Trinajstić information content (AvgIpc) is 2.90. The molecule has 1 N–H and O–H groups in total. The minimum Gasteiger partial charge on any atom is -0.374 e. The molecule has 0 spiro atoms. The molecule has 0 saturated carbocycles. The van der Waals surface area contributed by atoms with E-state index >= 15 is 0 Å². The lowest BCUT2D eigenvalue weighted by Gasteiger charge is -2.39. The molecular formula is C31H34N4O. The summed E-state index contributed by atoms with van der Waals surface area (Å²) in [5, 5.41) is 12.8. The summed E-state index contributed by atoms with van der Waals surface area (Å²) in [5.41, 5.74) is 5.53. The number of hydrogen-bond acceptors (Lipinski definition) is 4. The van der Waals surface area contributed by atoms with Crippen LogP contribution in [0.15, 0.2) is 90.6 Å². The molecule has 0 atom stereocenters. The molecule has 1 heterocycles. The van der Waals surface area contributed by atoms with Crippen LogP contribution >= 0.6 is 0 Å². The highest BCUT2D eigenvalue weighted by molar-refractivity contribution is 6.07. The number of nitriles is 1. The van der Waals surface area contributed by atoms with Crippen molar-refractivity contribution in [3.05, 3.63) is 113 Å². The van der Waals surface area contributed by atoms with E-state index in [1.807, 2.05) is 37.3 Å². The Kier molecular flexibility index (Phi) is 8.20. The number of rotatable bonds is 7. The Morgan fingerprint density at radius 2 is 1.47 bits per heavy atom. The third-order valence-electron chi connectivity index (χ3n) is 6.79. The molecule has 3 aromatic carbocycles. The van der Waals surface area contributed by atoms with E-state index in [0.717, 1.165) is 43.0 Å². The van der Waals surface area contributed by atoms with E-state index < -0.39 is 0 Å². The monoisotopic (exact) mass is 478 g/mol. The zero-order valence-electron chi connectivity index (χ0n) is 21.3. The van der Waals surface area contributed by atoms with Crippen molar-refractivity contribution >= 4 is 11.6 Å². The lowest BCUT2D eigenvalue weighted by molar-refractivity contribution is -0.112. The fraction of sp³-hybridized carbons (Fsp3) is 0.290. The van der Waals surface area contributed by atoms with Gasteiger partial charge in [-0.15, -0.1) is 0 Å². The second-order valence-corrected chi connectivity index (χ2v) is 9.60. The number of hydrogen-bond donors (Lipinski definition) is 1. The van der Waals surface area contributed by atoms with Crippen LogP contribution in [0.3, 0.4) is 0 Å². The average molecular weight is 479 g/mol. The molecule has 0 radical (unpaired) electrons. The number of benzene rings is 3. The van der Waals surface area contributed by atoms with Crippen LogP contribution in [0, 0.1) is 18.3 Å². The highest BCUT2D eigenvalue weighted by atomic mass is 16.1. The Morgan fingerprint density at radius 3 is 2.00 bits per heavy atom. The first-order valence-corrected chi connectivity index (χ1v) is 12.6. The molecule has 0 aromatic heterocycles. The Labute approximate surface area is 214 Å². The Bertz CT molecular complexity index is 1200. The number of aryl methyl sites for hydroxylation is 1. The quantitative estimate of drug-likeness (QED) is 0.341. The molecular weight excluding hydrogens is 444 g/mol. The lowest BCUT2D eigenvalue weighted by atomic mass is 9.96. The minimum atomic E-state index is -0.359. The number of nitrogens with one attached hydrogen (secondary N) is 1. The summed E-state index contributed by atoms with van der Waals surface area (Å²) in [6, 6.07) is 29.4. The number of piperazine rings is 1. The molecule has 1 fully saturated rings. The SMILES string of the molecule is Cc1cccc(C(C)C)c1NC(=O)/C(C#N)=C\N1CCN(C(c2ccccc2)c2ccccc2)CC1. The van der Waals surface area contributed by atoms with Crippen molar-refractivity contribution in [2.24, 2.45) is 0 Å². The van der Waals surface area contributed by atoms with Crippen molar-refractivity contribution in [2.75, 3.05) is 31.5 Å². The Balaban J connectivity index is 1.47. The van der Waals surface area contributed by atoms with E-state index in [2.05, 4.69) is 83.6 Å². The van der Waals surface area contributed by atoms with Gasteiger partial charge in [-0.05, 0) is 35.1 Å². The van der Waals surface area contributed by atoms with Crippen molar-refractivity contribution in [1.82, 2.24) is 9.80 Å². The summed E-state index contributed by atoms with van der Waals surface area (Å²) < 4.78 is 0. The van der Waals surface area contributed by atoms with Gasteiger partial charge in [0, 0.05) is 38.1 Å². The molecule has 1 saturated heterocycles. The minimum absolute atomic E-state index is 0.129. The highest BCUT2D eigenvalue weighted by Gasteiger charge is 2.26. The van der Waals surface area contributed by atoms with Crippen LogP contribution in [0.4, 0.5) is 5.69 Å². The largest absolute Gasteiger partial charge is 0.374 e. The highest BCUT2D eigenvalue weighted by Crippen LogP contribution is 2.30. The summed E-state index contributed by atoms with van der Waals surface area (Å²) >= 11 is 0. The third-order valence-corrected chi connectivity index (χ3v) is 6.79. The van der Waals surface area contributed by atoms with Crippen LogP contribution in [-0.4, -0.2) is 41.9 Å². The molecule has 4 rings (SSSR count). The van der Waals surface area contributed by atoms with E-state index in [9.17, 15) is 10.1 Å². The van der Waals surface area contributed by atoms with Gasteiger partial charge in [0.25, 0.3) is 5.91 Å². The van der Waals surface area contributed by atoms with E-state index in [1.165, 1.54) is 11.1 Å². The summed E-state index contributed by atoms with van der Waals surface area (Å²) in [5.74, 6) is -0.0902. The first-order valence-electron chi connectivity index (χ1n) is 12.6. The molecule has 1 amide bonds. The number of nitrogens with zero attached hydrogens (tertiary/aromatic N) is 3. The molecule has 1 aliphatic rings. The Hall–Kier alpha value is -3.88. The van der Waals surface area contributed by atoms with E-state index in [-0.39, 0.29) is 23.4 Å². The maximum atomic E-state index is 13.0. The topological polar surface area (TPSA) is 59.4 Å². The van der Waals surface area contributed by atoms with Crippen molar-refractivity contribution in [3.8, 4) is 6.07 Å². The van der Waals surface area contributed by atoms with Gasteiger partial charge < -0.3 is 10.2 Å². The van der Waals surface area contributed by atoms with E-state index in [1.54, 1.807) is 6.20 Å². The smallest absolute Gasteiger partial charge is 0.267 e. The van der Waals surface area contributed by atoms with Gasteiger partial charge >= 0.3 is 0 Å². The van der Waals surface area contributed by atoms with Crippen LogP contribution < -0.4 is 5.32 Å². The van der Waals surface area contributed by atoms with Gasteiger partial charge in [0.1, 0.15) is 11.6 Å². The molecule has 0 unspecified atom stereocenters. The maximum Gasteiger partial charge on any atom is 0.267 e. The molecule has 184 valence electrons. The van der Waals surface area contributed by atoms with E-state index in [0.29, 0.717) is 0 Å². The third kappa shape index (κ3) is 5.84. The van der Waals surface area contributed by atoms with Crippen molar-refractivity contribution in [2.45, 2.75) is 32.7 Å². The van der Waals surface area contributed by atoms with Crippen molar-refractivity contribution in [1.29, 1.82) is 5.26 Å². The predicted molar refractivity (Wildman–Crippen MR) is 145 cm³/mol. The van der Waals surface area contributed by atoms with Gasteiger partial charge in [0.05, 0.1) is 6.04 Å². The second-order valence-electron chi connectivity index (χ2n) is 9.60. The summed E-state index contributed by atoms with van der Waals surface area (Å²) in [6.07, 6.45) is 1.72. The van der Waals surface area contributed by atoms with Gasteiger partial charge in [0.15, 0.2) is 0 Å². The molecule has 5 nitrogen and oxygen atoms in total. The zero-order valence-corrected chi connectivity index (χ0v) is 21.3. The van der Waals surface area contributed by atoms with Crippen molar-refractivity contribution < 1.29 is 4.79 Å². The van der Waals surface area contributed by atoms with Crippen LogP contribution in [-0.2, 0) is 4.79 Å².